The molecule has 0 spiro atoms. The van der Waals surface area contributed by atoms with Gasteiger partial charge in [0.05, 0.1) is 19.2 Å². The normalized spacial score (nSPS) is 16.2. The summed E-state index contributed by atoms with van der Waals surface area (Å²) in [5.74, 6) is 2.88. The zero-order chi connectivity index (χ0) is 21.6. The van der Waals surface area contributed by atoms with Crippen LogP contribution in [0, 0.1) is 0 Å². The van der Waals surface area contributed by atoms with Gasteiger partial charge in [0.1, 0.15) is 17.3 Å². The van der Waals surface area contributed by atoms with E-state index in [9.17, 15) is 4.79 Å². The molecule has 1 aromatic heterocycles. The van der Waals surface area contributed by atoms with Crippen LogP contribution in [0.15, 0.2) is 59.1 Å². The molecule has 0 bridgehead atoms. The summed E-state index contributed by atoms with van der Waals surface area (Å²) in [5, 5.41) is 0.715. The number of halogens is 1. The summed E-state index contributed by atoms with van der Waals surface area (Å²) in [6.07, 6.45) is 4.19. The Morgan fingerprint density at radius 3 is 2.74 bits per heavy atom. The molecule has 1 atom stereocenters. The molecule has 1 saturated heterocycles. The predicted molar refractivity (Wildman–Crippen MR) is 118 cm³/mol. The number of hydrogen-bond donors (Lipinski definition) is 0. The number of carbonyl (C=O) groups is 1. The number of likely N-dealkylation sites (tertiary alicyclic amines) is 1. The highest BCUT2D eigenvalue weighted by Crippen LogP contribution is 2.28. The zero-order valence-electron chi connectivity index (χ0n) is 17.4. The Labute approximate surface area is 186 Å². The highest BCUT2D eigenvalue weighted by Gasteiger charge is 2.28. The molecule has 2 heterocycles. The SMILES string of the molecule is COc1ccc(OCC(=O)N2CCC[C@H](c3ncc(Cc4ccccc4Cl)o3)C2)cc1. The summed E-state index contributed by atoms with van der Waals surface area (Å²) in [6, 6.07) is 14.9. The van der Waals surface area contributed by atoms with Crippen LogP contribution in [-0.4, -0.2) is 42.6 Å². The van der Waals surface area contributed by atoms with Crippen molar-refractivity contribution in [2.24, 2.45) is 0 Å². The van der Waals surface area contributed by atoms with Crippen LogP contribution >= 0.6 is 11.6 Å². The fourth-order valence-corrected chi connectivity index (χ4v) is 3.94. The van der Waals surface area contributed by atoms with Crippen LogP contribution < -0.4 is 9.47 Å². The van der Waals surface area contributed by atoms with Gasteiger partial charge in [-0.1, -0.05) is 29.8 Å². The molecule has 1 amide bonds. The van der Waals surface area contributed by atoms with E-state index in [1.165, 1.54) is 0 Å². The quantitative estimate of drug-likeness (QED) is 0.532. The van der Waals surface area contributed by atoms with Gasteiger partial charge in [-0.25, -0.2) is 4.98 Å². The summed E-state index contributed by atoms with van der Waals surface area (Å²) in [7, 11) is 1.61. The van der Waals surface area contributed by atoms with Crippen molar-refractivity contribution < 1.29 is 18.7 Å². The van der Waals surface area contributed by atoms with Crippen LogP contribution in [0.25, 0.3) is 0 Å². The Hall–Kier alpha value is -2.99. The molecule has 1 fully saturated rings. The van der Waals surface area contributed by atoms with Gasteiger partial charge in [-0.05, 0) is 48.7 Å². The minimum absolute atomic E-state index is 0.00237. The number of rotatable bonds is 7. The van der Waals surface area contributed by atoms with E-state index in [2.05, 4.69) is 4.98 Å². The summed E-state index contributed by atoms with van der Waals surface area (Å²) < 4.78 is 16.8. The minimum atomic E-state index is -0.0386. The molecule has 3 aromatic rings. The van der Waals surface area contributed by atoms with Gasteiger partial charge < -0.3 is 18.8 Å². The molecule has 0 radical (unpaired) electrons. The zero-order valence-corrected chi connectivity index (χ0v) is 18.2. The van der Waals surface area contributed by atoms with Gasteiger partial charge in [-0.3, -0.25) is 4.79 Å². The number of carbonyl (C=O) groups excluding carboxylic acids is 1. The van der Waals surface area contributed by atoms with Crippen LogP contribution in [0.5, 0.6) is 11.5 Å². The number of nitrogens with zero attached hydrogens (tertiary/aromatic N) is 2. The lowest BCUT2D eigenvalue weighted by Crippen LogP contribution is -2.41. The van der Waals surface area contributed by atoms with E-state index in [-0.39, 0.29) is 18.4 Å². The molecule has 31 heavy (non-hydrogen) atoms. The number of oxazole rings is 1. The molecular weight excluding hydrogens is 416 g/mol. The number of ether oxygens (including phenoxy) is 2. The largest absolute Gasteiger partial charge is 0.497 e. The highest BCUT2D eigenvalue weighted by molar-refractivity contribution is 6.31. The third kappa shape index (κ3) is 5.39. The average molecular weight is 441 g/mol. The monoisotopic (exact) mass is 440 g/mol. The van der Waals surface area contributed by atoms with Gasteiger partial charge in [0.2, 0.25) is 0 Å². The summed E-state index contributed by atoms with van der Waals surface area (Å²) in [4.78, 5) is 19.0. The van der Waals surface area contributed by atoms with Gasteiger partial charge >= 0.3 is 0 Å². The van der Waals surface area contributed by atoms with Crippen molar-refractivity contribution >= 4 is 17.5 Å². The molecule has 6 nitrogen and oxygen atoms in total. The smallest absolute Gasteiger partial charge is 0.260 e. The van der Waals surface area contributed by atoms with Crippen molar-refractivity contribution in [3.63, 3.8) is 0 Å². The fraction of sp³-hybridized carbons (Fsp3) is 0.333. The van der Waals surface area contributed by atoms with Crippen LogP contribution in [0.4, 0.5) is 0 Å². The summed E-state index contributed by atoms with van der Waals surface area (Å²) in [5.41, 5.74) is 1.00. The molecule has 0 aliphatic carbocycles. The number of methoxy groups -OCH3 is 1. The minimum Gasteiger partial charge on any atom is -0.497 e. The maximum atomic E-state index is 12.7. The van der Waals surface area contributed by atoms with E-state index >= 15 is 0 Å². The second-order valence-corrected chi connectivity index (χ2v) is 7.98. The molecule has 0 unspecified atom stereocenters. The standard InChI is InChI=1S/C24H25ClN2O4/c1-29-19-8-10-20(11-9-19)30-16-23(28)27-12-4-6-18(15-27)24-26-14-21(31-24)13-17-5-2-3-7-22(17)25/h2-3,5,7-11,14,18H,4,6,12-13,15-16H2,1H3/t18-/m0/s1. The molecule has 162 valence electrons. The molecule has 1 aliphatic rings. The molecule has 0 saturated carbocycles. The number of aromatic nitrogens is 1. The van der Waals surface area contributed by atoms with Gasteiger partial charge in [-0.2, -0.15) is 0 Å². The lowest BCUT2D eigenvalue weighted by atomic mass is 9.98. The van der Waals surface area contributed by atoms with E-state index < -0.39 is 0 Å². The van der Waals surface area contributed by atoms with Gasteiger partial charge in [-0.15, -0.1) is 0 Å². The Balaban J connectivity index is 1.33. The van der Waals surface area contributed by atoms with Crippen molar-refractivity contribution in [1.29, 1.82) is 0 Å². The molecule has 4 rings (SSSR count). The number of piperidine rings is 1. The number of amides is 1. The summed E-state index contributed by atoms with van der Waals surface area (Å²) >= 11 is 6.25. The third-order valence-electron chi connectivity index (χ3n) is 5.44. The second-order valence-electron chi connectivity index (χ2n) is 7.58. The van der Waals surface area contributed by atoms with Crippen molar-refractivity contribution in [1.82, 2.24) is 9.88 Å². The molecule has 1 aliphatic heterocycles. The number of hydrogen-bond acceptors (Lipinski definition) is 5. The molecule has 7 heteroatoms. The summed E-state index contributed by atoms with van der Waals surface area (Å²) in [6.45, 7) is 1.30. The molecule has 0 N–H and O–H groups in total. The fourth-order valence-electron chi connectivity index (χ4n) is 3.74. The highest BCUT2D eigenvalue weighted by atomic mass is 35.5. The maximum absolute atomic E-state index is 12.7. The second kappa shape index (κ2) is 9.88. The maximum Gasteiger partial charge on any atom is 0.260 e. The Kier molecular flexibility index (Phi) is 6.77. The van der Waals surface area contributed by atoms with Crippen LogP contribution in [0.1, 0.15) is 36.0 Å². The Morgan fingerprint density at radius 2 is 1.97 bits per heavy atom. The lowest BCUT2D eigenvalue weighted by molar-refractivity contribution is -0.134. The van der Waals surface area contributed by atoms with Gasteiger partial charge in [0.15, 0.2) is 12.5 Å². The van der Waals surface area contributed by atoms with Gasteiger partial charge in [0, 0.05) is 24.5 Å². The first-order valence-electron chi connectivity index (χ1n) is 10.3. The topological polar surface area (TPSA) is 64.8 Å². The van der Waals surface area contributed by atoms with Crippen molar-refractivity contribution in [3.05, 3.63) is 77.0 Å². The van der Waals surface area contributed by atoms with E-state index in [0.717, 1.165) is 29.9 Å². The van der Waals surface area contributed by atoms with Crippen LogP contribution in [0.3, 0.4) is 0 Å². The first-order valence-corrected chi connectivity index (χ1v) is 10.7. The first-order chi connectivity index (χ1) is 15.1. The third-order valence-corrected chi connectivity index (χ3v) is 5.81. The van der Waals surface area contributed by atoms with Gasteiger partial charge in [0.25, 0.3) is 5.91 Å². The first kappa shape index (κ1) is 21.2. The van der Waals surface area contributed by atoms with E-state index in [0.29, 0.717) is 36.2 Å². The van der Waals surface area contributed by atoms with Crippen LogP contribution in [-0.2, 0) is 11.2 Å². The van der Waals surface area contributed by atoms with E-state index in [4.69, 9.17) is 25.5 Å². The van der Waals surface area contributed by atoms with Crippen molar-refractivity contribution in [2.45, 2.75) is 25.2 Å². The van der Waals surface area contributed by atoms with E-state index in [1.807, 2.05) is 29.2 Å². The van der Waals surface area contributed by atoms with Crippen molar-refractivity contribution in [2.75, 3.05) is 26.8 Å². The Morgan fingerprint density at radius 1 is 1.19 bits per heavy atom. The van der Waals surface area contributed by atoms with Crippen molar-refractivity contribution in [3.8, 4) is 11.5 Å². The van der Waals surface area contributed by atoms with Crippen LogP contribution in [0.2, 0.25) is 5.02 Å². The Bertz CT molecular complexity index is 1020. The average Bonchev–Trinajstić information content (AvgIpc) is 3.28. The van der Waals surface area contributed by atoms with E-state index in [1.54, 1.807) is 37.6 Å². The number of benzene rings is 2. The molecule has 2 aromatic carbocycles. The molecular formula is C24H25ClN2O4. The predicted octanol–water partition coefficient (Wildman–Crippen LogP) is 4.71. The lowest BCUT2D eigenvalue weighted by Gasteiger charge is -2.31.